The largest absolute Gasteiger partial charge is 0.454 e. The van der Waals surface area contributed by atoms with Gasteiger partial charge in [0.1, 0.15) is 0 Å². The quantitative estimate of drug-likeness (QED) is 0.711. The molecule has 0 radical (unpaired) electrons. The highest BCUT2D eigenvalue weighted by Gasteiger charge is 2.29. The van der Waals surface area contributed by atoms with Gasteiger partial charge < -0.3 is 18.9 Å². The summed E-state index contributed by atoms with van der Waals surface area (Å²) in [5, 5.41) is 4.15. The maximum absolute atomic E-state index is 12.7. The third-order valence-corrected chi connectivity index (χ3v) is 5.75. The molecule has 2 aliphatic rings. The molecular weight excluding hydrogens is 382 g/mol. The first-order chi connectivity index (χ1) is 14.3. The highest BCUT2D eigenvalue weighted by molar-refractivity contribution is 5.76. The molecule has 1 amide bonds. The molecule has 2 aromatic rings. The maximum Gasteiger partial charge on any atom is 0.231 e. The van der Waals surface area contributed by atoms with Crippen LogP contribution in [0, 0.1) is 11.3 Å². The van der Waals surface area contributed by atoms with Gasteiger partial charge in [0.15, 0.2) is 11.5 Å². The number of likely N-dealkylation sites (tertiary alicyclic amines) is 1. The zero-order valence-electron chi connectivity index (χ0n) is 18.3. The number of amides is 1. The molecule has 7 nitrogen and oxygen atoms in total. The number of piperidine rings is 1. The van der Waals surface area contributed by atoms with E-state index < -0.39 is 0 Å². The van der Waals surface area contributed by atoms with Crippen molar-refractivity contribution in [1.82, 2.24) is 15.0 Å². The Kier molecular flexibility index (Phi) is 5.71. The molecule has 0 saturated carbocycles. The molecule has 30 heavy (non-hydrogen) atoms. The van der Waals surface area contributed by atoms with Crippen LogP contribution < -0.4 is 9.47 Å². The van der Waals surface area contributed by atoms with Crippen LogP contribution in [0.4, 0.5) is 0 Å². The number of aromatic nitrogens is 2. The van der Waals surface area contributed by atoms with Crippen LogP contribution in [0.25, 0.3) is 11.4 Å². The van der Waals surface area contributed by atoms with Gasteiger partial charge in [0.05, 0.1) is 0 Å². The minimum Gasteiger partial charge on any atom is -0.454 e. The van der Waals surface area contributed by atoms with E-state index in [0.717, 1.165) is 43.7 Å². The monoisotopic (exact) mass is 413 g/mol. The number of carbonyl (C=O) groups excluding carboxylic acids is 1. The first kappa shape index (κ1) is 20.7. The molecule has 162 valence electrons. The fraction of sp³-hybridized carbons (Fsp3) is 0.609. The zero-order valence-corrected chi connectivity index (χ0v) is 18.3. The third kappa shape index (κ3) is 4.77. The summed E-state index contributed by atoms with van der Waals surface area (Å²) >= 11 is 0. The second kappa shape index (κ2) is 8.28. The highest BCUT2D eigenvalue weighted by Crippen LogP contribution is 2.36. The standard InChI is InChI=1S/C23H31N3O4/c1-15(13-23(2,3)4)11-20(27)26-9-7-16(8-10-26)22-24-21(25-30-22)17-5-6-18-19(12-17)29-14-28-18/h5-6,12,15-16H,7-11,13-14H2,1-4H3. The Bertz CT molecular complexity index is 894. The molecule has 7 heteroatoms. The van der Waals surface area contributed by atoms with Crippen molar-refractivity contribution in [1.29, 1.82) is 0 Å². The van der Waals surface area contributed by atoms with Crippen molar-refractivity contribution in [3.8, 4) is 22.9 Å². The molecular formula is C23H31N3O4. The molecule has 2 aliphatic heterocycles. The Balaban J connectivity index is 1.32. The summed E-state index contributed by atoms with van der Waals surface area (Å²) in [5.41, 5.74) is 1.09. The molecule has 1 saturated heterocycles. The van der Waals surface area contributed by atoms with Crippen molar-refractivity contribution >= 4 is 5.91 Å². The summed E-state index contributed by atoms with van der Waals surface area (Å²) in [4.78, 5) is 19.3. The number of benzene rings is 1. The first-order valence-electron chi connectivity index (χ1n) is 10.8. The van der Waals surface area contributed by atoms with Crippen LogP contribution in [0.15, 0.2) is 22.7 Å². The topological polar surface area (TPSA) is 77.7 Å². The summed E-state index contributed by atoms with van der Waals surface area (Å²) in [5.74, 6) is 3.49. The minimum absolute atomic E-state index is 0.191. The summed E-state index contributed by atoms with van der Waals surface area (Å²) < 4.78 is 16.3. The molecule has 0 bridgehead atoms. The van der Waals surface area contributed by atoms with Crippen LogP contribution in [0.2, 0.25) is 0 Å². The summed E-state index contributed by atoms with van der Waals surface area (Å²) in [6.45, 7) is 10.6. The lowest BCUT2D eigenvalue weighted by molar-refractivity contribution is -0.133. The molecule has 1 fully saturated rings. The molecule has 3 heterocycles. The molecule has 0 aliphatic carbocycles. The lowest BCUT2D eigenvalue weighted by Crippen LogP contribution is -2.38. The van der Waals surface area contributed by atoms with E-state index in [1.807, 2.05) is 23.1 Å². The fourth-order valence-corrected chi connectivity index (χ4v) is 4.47. The highest BCUT2D eigenvalue weighted by atomic mass is 16.7. The number of hydrogen-bond acceptors (Lipinski definition) is 6. The lowest BCUT2D eigenvalue weighted by atomic mass is 9.84. The predicted octanol–water partition coefficient (Wildman–Crippen LogP) is 4.63. The van der Waals surface area contributed by atoms with E-state index in [1.54, 1.807) is 0 Å². The predicted molar refractivity (Wildman–Crippen MR) is 112 cm³/mol. The van der Waals surface area contributed by atoms with Crippen molar-refractivity contribution < 1.29 is 18.8 Å². The van der Waals surface area contributed by atoms with Gasteiger partial charge in [0.25, 0.3) is 0 Å². The van der Waals surface area contributed by atoms with Gasteiger partial charge in [-0.25, -0.2) is 0 Å². The van der Waals surface area contributed by atoms with E-state index in [2.05, 4.69) is 37.8 Å². The van der Waals surface area contributed by atoms with Crippen LogP contribution in [0.1, 0.15) is 65.2 Å². The van der Waals surface area contributed by atoms with E-state index in [9.17, 15) is 4.79 Å². The Labute approximate surface area is 177 Å². The smallest absolute Gasteiger partial charge is 0.231 e. The maximum atomic E-state index is 12.7. The van der Waals surface area contributed by atoms with Gasteiger partial charge in [-0.2, -0.15) is 4.98 Å². The van der Waals surface area contributed by atoms with Crippen LogP contribution in [0.3, 0.4) is 0 Å². The van der Waals surface area contributed by atoms with Gasteiger partial charge in [0, 0.05) is 31.0 Å². The zero-order chi connectivity index (χ0) is 21.3. The lowest BCUT2D eigenvalue weighted by Gasteiger charge is -2.32. The van der Waals surface area contributed by atoms with Gasteiger partial charge in [-0.15, -0.1) is 0 Å². The first-order valence-corrected chi connectivity index (χ1v) is 10.8. The Morgan fingerprint density at radius 2 is 1.93 bits per heavy atom. The Morgan fingerprint density at radius 1 is 1.20 bits per heavy atom. The fourth-order valence-electron chi connectivity index (χ4n) is 4.47. The van der Waals surface area contributed by atoms with Gasteiger partial charge in [-0.05, 0) is 48.8 Å². The van der Waals surface area contributed by atoms with Crippen molar-refractivity contribution in [2.45, 2.75) is 59.3 Å². The van der Waals surface area contributed by atoms with E-state index in [4.69, 9.17) is 14.0 Å². The molecule has 1 aromatic carbocycles. The number of carbonyl (C=O) groups is 1. The molecule has 1 aromatic heterocycles. The number of fused-ring (bicyclic) bond motifs is 1. The van der Waals surface area contributed by atoms with Gasteiger partial charge in [-0.3, -0.25) is 4.79 Å². The van der Waals surface area contributed by atoms with E-state index in [1.165, 1.54) is 0 Å². The van der Waals surface area contributed by atoms with Crippen molar-refractivity contribution in [3.05, 3.63) is 24.1 Å². The van der Waals surface area contributed by atoms with E-state index in [0.29, 0.717) is 29.8 Å². The summed E-state index contributed by atoms with van der Waals surface area (Å²) in [7, 11) is 0. The molecule has 1 atom stereocenters. The summed E-state index contributed by atoms with van der Waals surface area (Å²) in [6, 6.07) is 5.64. The molecule has 0 spiro atoms. The number of ether oxygens (including phenoxy) is 2. The van der Waals surface area contributed by atoms with Crippen LogP contribution >= 0.6 is 0 Å². The number of nitrogens with zero attached hydrogens (tertiary/aromatic N) is 3. The summed E-state index contributed by atoms with van der Waals surface area (Å²) in [6.07, 6.45) is 3.38. The van der Waals surface area contributed by atoms with Crippen molar-refractivity contribution in [2.75, 3.05) is 19.9 Å². The Morgan fingerprint density at radius 3 is 2.67 bits per heavy atom. The van der Waals surface area contributed by atoms with Crippen molar-refractivity contribution in [2.24, 2.45) is 11.3 Å². The van der Waals surface area contributed by atoms with Gasteiger partial charge in [-0.1, -0.05) is 32.9 Å². The van der Waals surface area contributed by atoms with E-state index in [-0.39, 0.29) is 24.0 Å². The average Bonchev–Trinajstić information content (AvgIpc) is 3.35. The second-order valence-electron chi connectivity index (χ2n) is 9.75. The average molecular weight is 414 g/mol. The second-order valence-corrected chi connectivity index (χ2v) is 9.75. The van der Waals surface area contributed by atoms with Crippen LogP contribution in [-0.4, -0.2) is 40.8 Å². The van der Waals surface area contributed by atoms with Crippen LogP contribution in [0.5, 0.6) is 11.5 Å². The molecule has 0 N–H and O–H groups in total. The molecule has 1 unspecified atom stereocenters. The molecule has 4 rings (SSSR count). The Hall–Kier alpha value is -2.57. The van der Waals surface area contributed by atoms with E-state index >= 15 is 0 Å². The van der Waals surface area contributed by atoms with Gasteiger partial charge in [0.2, 0.25) is 24.4 Å². The SMILES string of the molecule is CC(CC(=O)N1CCC(c2nc(-c3ccc4c(c3)OCO4)no2)CC1)CC(C)(C)C. The number of hydrogen-bond donors (Lipinski definition) is 0. The third-order valence-electron chi connectivity index (χ3n) is 5.75. The van der Waals surface area contributed by atoms with Gasteiger partial charge >= 0.3 is 0 Å². The normalized spacial score (nSPS) is 17.9. The number of rotatable bonds is 5. The minimum atomic E-state index is 0.191. The van der Waals surface area contributed by atoms with Crippen LogP contribution in [-0.2, 0) is 4.79 Å². The van der Waals surface area contributed by atoms with Crippen molar-refractivity contribution in [3.63, 3.8) is 0 Å².